The lowest BCUT2D eigenvalue weighted by molar-refractivity contribution is 0.102. The number of nitrogens with zero attached hydrogens (tertiary/aromatic N) is 3. The fraction of sp³-hybridized carbons (Fsp3) is 0.308. The topological polar surface area (TPSA) is 69.0 Å². The fourth-order valence-electron chi connectivity index (χ4n) is 1.66. The predicted molar refractivity (Wildman–Crippen MR) is 71.0 cm³/mol. The average Bonchev–Trinajstić information content (AvgIpc) is 2.84. The molecule has 1 N–H and O–H groups in total. The van der Waals surface area contributed by atoms with E-state index in [9.17, 15) is 4.79 Å². The molecule has 100 valence electrons. The number of anilines is 1. The summed E-state index contributed by atoms with van der Waals surface area (Å²) in [5, 5.41) is 6.94. The number of pyridine rings is 1. The zero-order valence-electron chi connectivity index (χ0n) is 11.0. The highest BCUT2D eigenvalue weighted by atomic mass is 16.5. The lowest BCUT2D eigenvalue weighted by Crippen LogP contribution is -2.13. The molecule has 0 radical (unpaired) electrons. The molecule has 0 spiro atoms. The molecular weight excluding hydrogens is 244 g/mol. The normalized spacial score (nSPS) is 10.4. The lowest BCUT2D eigenvalue weighted by atomic mass is 10.1. The molecule has 6 heteroatoms. The molecule has 0 saturated heterocycles. The molecule has 0 fully saturated rings. The number of aromatic nitrogens is 3. The zero-order chi connectivity index (χ0) is 13.7. The van der Waals surface area contributed by atoms with Crippen LogP contribution >= 0.6 is 0 Å². The van der Waals surface area contributed by atoms with Crippen molar-refractivity contribution >= 4 is 11.6 Å². The smallest absolute Gasteiger partial charge is 0.256 e. The number of hydrogen-bond donors (Lipinski definition) is 1. The molecule has 2 aromatic rings. The predicted octanol–water partition coefficient (Wildman–Crippen LogP) is 1.49. The molecule has 6 nitrogen and oxygen atoms in total. The zero-order valence-corrected chi connectivity index (χ0v) is 11.0. The minimum absolute atomic E-state index is 0.161. The van der Waals surface area contributed by atoms with E-state index in [1.807, 2.05) is 6.92 Å². The highest BCUT2D eigenvalue weighted by Crippen LogP contribution is 2.10. The van der Waals surface area contributed by atoms with Crippen molar-refractivity contribution in [3.05, 3.63) is 42.0 Å². The average molecular weight is 260 g/mol. The van der Waals surface area contributed by atoms with E-state index in [4.69, 9.17) is 4.74 Å². The maximum absolute atomic E-state index is 12.1. The van der Waals surface area contributed by atoms with Crippen molar-refractivity contribution in [2.45, 2.75) is 13.5 Å². The number of hydrogen-bond acceptors (Lipinski definition) is 4. The Morgan fingerprint density at radius 2 is 2.32 bits per heavy atom. The molecule has 0 saturated carbocycles. The van der Waals surface area contributed by atoms with Crippen molar-refractivity contribution in [2.75, 3.05) is 19.0 Å². The summed E-state index contributed by atoms with van der Waals surface area (Å²) in [5.74, 6) is -0.161. The van der Waals surface area contributed by atoms with Gasteiger partial charge in [0.25, 0.3) is 5.91 Å². The van der Waals surface area contributed by atoms with E-state index in [1.54, 1.807) is 42.6 Å². The number of rotatable bonds is 5. The molecule has 0 atom stereocenters. The Kier molecular flexibility index (Phi) is 4.25. The molecule has 19 heavy (non-hydrogen) atoms. The number of aryl methyl sites for hydroxylation is 1. The number of ether oxygens (including phenoxy) is 1. The van der Waals surface area contributed by atoms with Gasteiger partial charge in [-0.25, -0.2) is 0 Å². The monoisotopic (exact) mass is 260 g/mol. The van der Waals surface area contributed by atoms with Crippen LogP contribution in [0.3, 0.4) is 0 Å². The minimum atomic E-state index is -0.161. The lowest BCUT2D eigenvalue weighted by Gasteiger charge is -2.04. The molecule has 0 bridgehead atoms. The Morgan fingerprint density at radius 3 is 3.05 bits per heavy atom. The number of carbonyl (C=O) groups is 1. The van der Waals surface area contributed by atoms with Crippen molar-refractivity contribution < 1.29 is 9.53 Å². The Balaban J connectivity index is 2.03. The summed E-state index contributed by atoms with van der Waals surface area (Å²) in [6.45, 7) is 3.09. The number of carbonyl (C=O) groups excluding carboxylic acids is 1. The van der Waals surface area contributed by atoms with Gasteiger partial charge in [0.15, 0.2) is 0 Å². The summed E-state index contributed by atoms with van der Waals surface area (Å²) < 4.78 is 6.69. The number of methoxy groups -OCH3 is 1. The van der Waals surface area contributed by atoms with E-state index in [0.29, 0.717) is 24.4 Å². The summed E-state index contributed by atoms with van der Waals surface area (Å²) in [5.41, 5.74) is 2.11. The van der Waals surface area contributed by atoms with Gasteiger partial charge in [0.05, 0.1) is 25.0 Å². The van der Waals surface area contributed by atoms with Gasteiger partial charge in [-0.05, 0) is 18.6 Å². The SMILES string of the molecule is COCCn1cc(NC(=O)c2ccncc2C)cn1. The Hall–Kier alpha value is -2.21. The molecule has 0 aliphatic heterocycles. The van der Waals surface area contributed by atoms with E-state index >= 15 is 0 Å². The third kappa shape index (κ3) is 3.38. The first-order valence-corrected chi connectivity index (χ1v) is 5.94. The molecule has 0 aromatic carbocycles. The number of amides is 1. The van der Waals surface area contributed by atoms with Crippen LogP contribution in [-0.2, 0) is 11.3 Å². The maximum atomic E-state index is 12.1. The molecule has 0 aliphatic carbocycles. The van der Waals surface area contributed by atoms with E-state index < -0.39 is 0 Å². The third-order valence-corrected chi connectivity index (χ3v) is 2.68. The van der Waals surface area contributed by atoms with Gasteiger partial charge in [0.2, 0.25) is 0 Å². The highest BCUT2D eigenvalue weighted by molar-refractivity contribution is 6.04. The van der Waals surface area contributed by atoms with Crippen molar-refractivity contribution in [3.8, 4) is 0 Å². The second kappa shape index (κ2) is 6.10. The fourth-order valence-corrected chi connectivity index (χ4v) is 1.66. The van der Waals surface area contributed by atoms with Gasteiger partial charge in [0.1, 0.15) is 0 Å². The van der Waals surface area contributed by atoms with Gasteiger partial charge in [-0.2, -0.15) is 5.10 Å². The van der Waals surface area contributed by atoms with E-state index in [0.717, 1.165) is 5.56 Å². The van der Waals surface area contributed by atoms with Crippen LogP contribution in [0.15, 0.2) is 30.9 Å². The van der Waals surface area contributed by atoms with Crippen molar-refractivity contribution in [3.63, 3.8) is 0 Å². The Labute approximate surface area is 111 Å². The minimum Gasteiger partial charge on any atom is -0.383 e. The first-order valence-electron chi connectivity index (χ1n) is 5.94. The van der Waals surface area contributed by atoms with Crippen molar-refractivity contribution in [1.82, 2.24) is 14.8 Å². The van der Waals surface area contributed by atoms with Gasteiger partial charge in [-0.15, -0.1) is 0 Å². The van der Waals surface area contributed by atoms with Crippen LogP contribution in [0.5, 0.6) is 0 Å². The van der Waals surface area contributed by atoms with Crippen LogP contribution in [-0.4, -0.2) is 34.4 Å². The third-order valence-electron chi connectivity index (χ3n) is 2.68. The molecule has 2 heterocycles. The van der Waals surface area contributed by atoms with Crippen LogP contribution in [0, 0.1) is 6.92 Å². The van der Waals surface area contributed by atoms with Gasteiger partial charge in [0, 0.05) is 31.3 Å². The molecule has 0 unspecified atom stereocenters. The second-order valence-electron chi connectivity index (χ2n) is 4.13. The summed E-state index contributed by atoms with van der Waals surface area (Å²) in [7, 11) is 1.64. The van der Waals surface area contributed by atoms with Gasteiger partial charge in [-0.1, -0.05) is 0 Å². The van der Waals surface area contributed by atoms with E-state index in [-0.39, 0.29) is 5.91 Å². The van der Waals surface area contributed by atoms with E-state index in [2.05, 4.69) is 15.4 Å². The standard InChI is InChI=1S/C13H16N4O2/c1-10-7-14-4-3-12(10)13(18)16-11-8-15-17(9-11)5-6-19-2/h3-4,7-9H,5-6H2,1-2H3,(H,16,18). The Bertz CT molecular complexity index is 565. The van der Waals surface area contributed by atoms with Crippen LogP contribution in [0.1, 0.15) is 15.9 Å². The molecule has 2 rings (SSSR count). The van der Waals surface area contributed by atoms with Crippen LogP contribution in [0.25, 0.3) is 0 Å². The molecule has 0 aliphatic rings. The second-order valence-corrected chi connectivity index (χ2v) is 4.13. The summed E-state index contributed by atoms with van der Waals surface area (Å²) in [6, 6.07) is 1.69. The van der Waals surface area contributed by atoms with Crippen LogP contribution in [0.2, 0.25) is 0 Å². The summed E-state index contributed by atoms with van der Waals surface area (Å²) in [6.07, 6.45) is 6.65. The quantitative estimate of drug-likeness (QED) is 0.884. The highest BCUT2D eigenvalue weighted by Gasteiger charge is 2.09. The first-order chi connectivity index (χ1) is 9.20. The van der Waals surface area contributed by atoms with Gasteiger partial charge >= 0.3 is 0 Å². The summed E-state index contributed by atoms with van der Waals surface area (Å²) in [4.78, 5) is 16.0. The largest absolute Gasteiger partial charge is 0.383 e. The molecule has 2 aromatic heterocycles. The molecule has 1 amide bonds. The van der Waals surface area contributed by atoms with Gasteiger partial charge < -0.3 is 10.1 Å². The van der Waals surface area contributed by atoms with Crippen molar-refractivity contribution in [1.29, 1.82) is 0 Å². The Morgan fingerprint density at radius 1 is 1.47 bits per heavy atom. The van der Waals surface area contributed by atoms with Crippen molar-refractivity contribution in [2.24, 2.45) is 0 Å². The number of nitrogens with one attached hydrogen (secondary N) is 1. The maximum Gasteiger partial charge on any atom is 0.256 e. The van der Waals surface area contributed by atoms with Gasteiger partial charge in [-0.3, -0.25) is 14.5 Å². The van der Waals surface area contributed by atoms with Crippen LogP contribution in [0.4, 0.5) is 5.69 Å². The summed E-state index contributed by atoms with van der Waals surface area (Å²) >= 11 is 0. The first kappa shape index (κ1) is 13.2. The van der Waals surface area contributed by atoms with Crippen LogP contribution < -0.4 is 5.32 Å². The molecular formula is C13H16N4O2. The van der Waals surface area contributed by atoms with E-state index in [1.165, 1.54) is 0 Å².